The van der Waals surface area contributed by atoms with Crippen LogP contribution in [0.1, 0.15) is 31.6 Å². The molecule has 1 aliphatic carbocycles. The third kappa shape index (κ3) is 1.80. The number of fused-ring (bicyclic) bond motifs is 1. The number of nitrogens with zero attached hydrogens (tertiary/aromatic N) is 1. The predicted octanol–water partition coefficient (Wildman–Crippen LogP) is 2.43. The molecule has 0 aromatic carbocycles. The van der Waals surface area contributed by atoms with E-state index in [1.807, 2.05) is 17.5 Å². The molecule has 1 aliphatic heterocycles. The Hall–Kier alpha value is -1.16. The Bertz CT molecular complexity index is 476. The Morgan fingerprint density at radius 1 is 1.53 bits per heavy atom. The van der Waals surface area contributed by atoms with Gasteiger partial charge in [0.25, 0.3) is 0 Å². The number of carbonyl (C=O) groups excluding carboxylic acids is 1. The van der Waals surface area contributed by atoms with E-state index >= 15 is 0 Å². The van der Waals surface area contributed by atoms with Crippen LogP contribution in [-0.4, -0.2) is 17.5 Å². The van der Waals surface area contributed by atoms with Crippen molar-refractivity contribution in [2.45, 2.75) is 32.7 Å². The van der Waals surface area contributed by atoms with Gasteiger partial charge in [-0.3, -0.25) is 4.79 Å². The predicted molar refractivity (Wildman–Crippen MR) is 69.3 cm³/mol. The van der Waals surface area contributed by atoms with E-state index in [4.69, 9.17) is 0 Å². The number of nitrogens with one attached hydrogen (secondary N) is 1. The maximum atomic E-state index is 12.3. The van der Waals surface area contributed by atoms with Crippen LogP contribution in [0.15, 0.2) is 22.6 Å². The summed E-state index contributed by atoms with van der Waals surface area (Å²) < 4.78 is 0. The van der Waals surface area contributed by atoms with Crippen LogP contribution >= 0.6 is 11.3 Å². The fraction of sp³-hybridized carbons (Fsp3) is 0.538. The van der Waals surface area contributed by atoms with E-state index in [0.29, 0.717) is 12.2 Å². The molecule has 1 aromatic rings. The van der Waals surface area contributed by atoms with Gasteiger partial charge < -0.3 is 5.43 Å². The van der Waals surface area contributed by atoms with Crippen molar-refractivity contribution in [2.75, 3.05) is 0 Å². The maximum absolute atomic E-state index is 12.3. The van der Waals surface area contributed by atoms with E-state index in [0.717, 1.165) is 17.0 Å². The largest absolute Gasteiger partial charge is 0.306 e. The summed E-state index contributed by atoms with van der Waals surface area (Å²) in [6.45, 7) is 4.32. The highest BCUT2D eigenvalue weighted by Crippen LogP contribution is 2.39. The van der Waals surface area contributed by atoms with Crippen molar-refractivity contribution in [1.29, 1.82) is 0 Å². The average molecular weight is 248 g/mol. The fourth-order valence-corrected chi connectivity index (χ4v) is 3.66. The monoisotopic (exact) mass is 248 g/mol. The molecule has 0 amide bonds. The van der Waals surface area contributed by atoms with Crippen LogP contribution in [0.5, 0.6) is 0 Å². The molecule has 0 spiro atoms. The fourth-order valence-electron chi connectivity index (χ4n) is 2.91. The molecular formula is C13H16N2OS. The number of hydrogen-bond donors (Lipinski definition) is 1. The summed E-state index contributed by atoms with van der Waals surface area (Å²) in [4.78, 5) is 13.4. The Balaban J connectivity index is 1.91. The van der Waals surface area contributed by atoms with Crippen molar-refractivity contribution in [3.05, 3.63) is 22.4 Å². The summed E-state index contributed by atoms with van der Waals surface area (Å²) in [6.07, 6.45) is 1.68. The van der Waals surface area contributed by atoms with Crippen LogP contribution in [-0.2, 0) is 4.79 Å². The van der Waals surface area contributed by atoms with E-state index in [2.05, 4.69) is 24.4 Å². The van der Waals surface area contributed by atoms with Crippen molar-refractivity contribution < 1.29 is 4.79 Å². The Morgan fingerprint density at radius 2 is 2.35 bits per heavy atom. The number of thiophene rings is 1. The third-order valence-electron chi connectivity index (χ3n) is 3.59. The van der Waals surface area contributed by atoms with E-state index in [1.165, 1.54) is 0 Å². The molecule has 1 aromatic heterocycles. The van der Waals surface area contributed by atoms with E-state index in [9.17, 15) is 4.79 Å². The molecule has 2 atom stereocenters. The van der Waals surface area contributed by atoms with Gasteiger partial charge in [-0.2, -0.15) is 5.10 Å². The van der Waals surface area contributed by atoms with Gasteiger partial charge in [-0.25, -0.2) is 0 Å². The minimum Gasteiger partial charge on any atom is -0.306 e. The quantitative estimate of drug-likeness (QED) is 0.829. The number of hydrogen-bond acceptors (Lipinski definition) is 4. The van der Waals surface area contributed by atoms with Crippen molar-refractivity contribution in [3.8, 4) is 0 Å². The number of hydrazone groups is 1. The first kappa shape index (κ1) is 11.0. The minimum absolute atomic E-state index is 0.0262. The first-order valence-electron chi connectivity index (χ1n) is 5.96. The SMILES string of the molecule is CC1(C)CC(=O)[C@@H]2C(c3cccs3)=NN[C@H]2C1. The Morgan fingerprint density at radius 3 is 3.06 bits per heavy atom. The number of ketones is 1. The van der Waals surface area contributed by atoms with E-state index in [1.54, 1.807) is 11.3 Å². The number of carbonyl (C=O) groups is 1. The highest BCUT2D eigenvalue weighted by molar-refractivity contribution is 7.12. The van der Waals surface area contributed by atoms with Crippen LogP contribution in [0, 0.1) is 11.3 Å². The van der Waals surface area contributed by atoms with Gasteiger partial charge in [0.05, 0.1) is 22.5 Å². The molecule has 0 saturated heterocycles. The lowest BCUT2D eigenvalue weighted by molar-refractivity contribution is -0.126. The molecule has 1 saturated carbocycles. The lowest BCUT2D eigenvalue weighted by Crippen LogP contribution is -2.45. The van der Waals surface area contributed by atoms with Gasteiger partial charge in [0, 0.05) is 6.42 Å². The highest BCUT2D eigenvalue weighted by Gasteiger charge is 2.46. The van der Waals surface area contributed by atoms with Crippen molar-refractivity contribution >= 4 is 22.8 Å². The van der Waals surface area contributed by atoms with Crippen LogP contribution < -0.4 is 5.43 Å². The Kier molecular flexibility index (Phi) is 2.36. The average Bonchev–Trinajstić information content (AvgIpc) is 2.81. The smallest absolute Gasteiger partial charge is 0.144 e. The lowest BCUT2D eigenvalue weighted by Gasteiger charge is -2.36. The molecule has 0 unspecified atom stereocenters. The van der Waals surface area contributed by atoms with Gasteiger partial charge in [0.1, 0.15) is 5.78 Å². The van der Waals surface area contributed by atoms with Crippen molar-refractivity contribution in [3.63, 3.8) is 0 Å². The van der Waals surface area contributed by atoms with Crippen LogP contribution in [0.2, 0.25) is 0 Å². The molecule has 2 heterocycles. The van der Waals surface area contributed by atoms with Gasteiger partial charge in [-0.1, -0.05) is 19.9 Å². The molecule has 1 N–H and O–H groups in total. The second-order valence-electron chi connectivity index (χ2n) is 5.70. The number of Topliss-reactive ketones (excluding diaryl/α,β-unsaturated/α-hetero) is 1. The Labute approximate surface area is 105 Å². The first-order valence-corrected chi connectivity index (χ1v) is 6.84. The zero-order valence-corrected chi connectivity index (χ0v) is 10.9. The van der Waals surface area contributed by atoms with Gasteiger partial charge in [-0.05, 0) is 23.3 Å². The number of rotatable bonds is 1. The molecular weight excluding hydrogens is 232 g/mol. The van der Waals surface area contributed by atoms with Crippen LogP contribution in [0.4, 0.5) is 0 Å². The summed E-state index contributed by atoms with van der Waals surface area (Å²) >= 11 is 1.65. The van der Waals surface area contributed by atoms with Gasteiger partial charge >= 0.3 is 0 Å². The normalized spacial score (nSPS) is 30.7. The van der Waals surface area contributed by atoms with E-state index in [-0.39, 0.29) is 17.4 Å². The molecule has 2 aliphatic rings. The van der Waals surface area contributed by atoms with Crippen LogP contribution in [0.3, 0.4) is 0 Å². The zero-order chi connectivity index (χ0) is 12.0. The minimum atomic E-state index is -0.0262. The molecule has 0 bridgehead atoms. The summed E-state index contributed by atoms with van der Waals surface area (Å²) in [5, 5.41) is 6.43. The second-order valence-corrected chi connectivity index (χ2v) is 6.65. The molecule has 4 heteroatoms. The molecule has 0 radical (unpaired) electrons. The lowest BCUT2D eigenvalue weighted by atomic mass is 9.69. The topological polar surface area (TPSA) is 41.5 Å². The summed E-state index contributed by atoms with van der Waals surface area (Å²) in [5.74, 6) is 0.310. The third-order valence-corrected chi connectivity index (χ3v) is 4.49. The molecule has 90 valence electrons. The van der Waals surface area contributed by atoms with Gasteiger partial charge in [-0.15, -0.1) is 11.3 Å². The first-order chi connectivity index (χ1) is 8.07. The second kappa shape index (κ2) is 3.67. The molecule has 3 rings (SSSR count). The highest BCUT2D eigenvalue weighted by atomic mass is 32.1. The maximum Gasteiger partial charge on any atom is 0.144 e. The summed E-state index contributed by atoms with van der Waals surface area (Å²) in [5.41, 5.74) is 4.21. The standard InChI is InChI=1S/C13H16N2OS/c1-13(2)6-8-11(9(16)7-13)12(15-14-8)10-4-3-5-17-10/h3-5,8,11,14H,6-7H2,1-2H3/t8-,11+/m0/s1. The van der Waals surface area contributed by atoms with Crippen molar-refractivity contribution in [1.82, 2.24) is 5.43 Å². The van der Waals surface area contributed by atoms with Gasteiger partial charge in [0.15, 0.2) is 0 Å². The molecule has 1 fully saturated rings. The summed E-state index contributed by atoms with van der Waals surface area (Å²) in [6, 6.07) is 4.25. The zero-order valence-electron chi connectivity index (χ0n) is 10.1. The molecule has 17 heavy (non-hydrogen) atoms. The van der Waals surface area contributed by atoms with Crippen LogP contribution in [0.25, 0.3) is 0 Å². The van der Waals surface area contributed by atoms with Crippen molar-refractivity contribution in [2.24, 2.45) is 16.4 Å². The summed E-state index contributed by atoms with van der Waals surface area (Å²) in [7, 11) is 0. The van der Waals surface area contributed by atoms with E-state index < -0.39 is 0 Å². The van der Waals surface area contributed by atoms with Gasteiger partial charge in [0.2, 0.25) is 0 Å². The molecule has 3 nitrogen and oxygen atoms in total.